The average Bonchev–Trinajstić information content (AvgIpc) is 2.45. The summed E-state index contributed by atoms with van der Waals surface area (Å²) in [5.74, 6) is -0.269. The third kappa shape index (κ3) is 4.69. The van der Waals surface area contributed by atoms with Crippen LogP contribution in [0, 0.1) is 5.41 Å². The molecule has 124 valence electrons. The highest BCUT2D eigenvalue weighted by atomic mass is 19.4. The van der Waals surface area contributed by atoms with Gasteiger partial charge >= 0.3 is 6.36 Å². The lowest BCUT2D eigenvalue weighted by Gasteiger charge is -2.25. The van der Waals surface area contributed by atoms with Crippen LogP contribution in [0.5, 0.6) is 5.75 Å². The number of hydrogen-bond acceptors (Lipinski definition) is 3. The molecule has 1 aromatic heterocycles. The summed E-state index contributed by atoms with van der Waals surface area (Å²) in [4.78, 5) is 4.24. The molecule has 1 N–H and O–H groups in total. The number of alkyl halides is 3. The Morgan fingerprint density at radius 3 is 1.96 bits per heavy atom. The van der Waals surface area contributed by atoms with Gasteiger partial charge in [-0.15, -0.1) is 13.2 Å². The highest BCUT2D eigenvalue weighted by Gasteiger charge is 2.31. The molecule has 1 heterocycles. The minimum absolute atomic E-state index is 0.269. The van der Waals surface area contributed by atoms with E-state index in [1.54, 1.807) is 18.3 Å². The fraction of sp³-hybridized carbons (Fsp3) is 0.353. The van der Waals surface area contributed by atoms with Gasteiger partial charge < -0.3 is 9.84 Å². The molecule has 1 unspecified atom stereocenters. The molecule has 6 heteroatoms. The van der Waals surface area contributed by atoms with Crippen LogP contribution in [-0.4, -0.2) is 16.5 Å². The summed E-state index contributed by atoms with van der Waals surface area (Å²) in [5, 5.41) is 10.2. The first kappa shape index (κ1) is 17.3. The summed E-state index contributed by atoms with van der Waals surface area (Å²) in [7, 11) is 0. The van der Waals surface area contributed by atoms with E-state index in [4.69, 9.17) is 0 Å². The van der Waals surface area contributed by atoms with Crippen LogP contribution in [-0.2, 0) is 0 Å². The van der Waals surface area contributed by atoms with Crippen molar-refractivity contribution in [2.24, 2.45) is 5.41 Å². The number of halogens is 3. The van der Waals surface area contributed by atoms with Crippen molar-refractivity contribution >= 4 is 0 Å². The van der Waals surface area contributed by atoms with Crippen molar-refractivity contribution in [3.05, 3.63) is 48.3 Å². The Morgan fingerprint density at radius 1 is 0.957 bits per heavy atom. The molecule has 0 aliphatic carbocycles. The summed E-state index contributed by atoms with van der Waals surface area (Å²) < 4.78 is 40.2. The van der Waals surface area contributed by atoms with Gasteiger partial charge in [0.15, 0.2) is 0 Å². The van der Waals surface area contributed by atoms with Crippen LogP contribution in [0.1, 0.15) is 32.6 Å². The molecule has 0 amide bonds. The summed E-state index contributed by atoms with van der Waals surface area (Å²) >= 11 is 0. The maximum atomic E-state index is 12.1. The largest absolute Gasteiger partial charge is 0.573 e. The van der Waals surface area contributed by atoms with Crippen molar-refractivity contribution in [1.29, 1.82) is 0 Å². The SMILES string of the molecule is CC(C)(C)C(O)c1ccc(-c2ccc(OC(F)(F)F)cc2)cn1. The van der Waals surface area contributed by atoms with E-state index in [2.05, 4.69) is 9.72 Å². The van der Waals surface area contributed by atoms with E-state index in [0.29, 0.717) is 11.3 Å². The molecule has 1 atom stereocenters. The lowest BCUT2D eigenvalue weighted by atomic mass is 9.87. The number of ether oxygens (including phenoxy) is 1. The normalized spacial score (nSPS) is 13.7. The van der Waals surface area contributed by atoms with Crippen molar-refractivity contribution < 1.29 is 23.0 Å². The van der Waals surface area contributed by atoms with Gasteiger partial charge in [-0.3, -0.25) is 4.98 Å². The molecule has 23 heavy (non-hydrogen) atoms. The zero-order valence-electron chi connectivity index (χ0n) is 13.1. The number of hydrogen-bond donors (Lipinski definition) is 1. The predicted molar refractivity (Wildman–Crippen MR) is 80.8 cm³/mol. The van der Waals surface area contributed by atoms with Gasteiger partial charge in [0.2, 0.25) is 0 Å². The Hall–Kier alpha value is -2.08. The number of rotatable bonds is 3. The van der Waals surface area contributed by atoms with Crippen LogP contribution in [0.15, 0.2) is 42.6 Å². The van der Waals surface area contributed by atoms with Crippen LogP contribution >= 0.6 is 0 Å². The molecular weight excluding hydrogens is 307 g/mol. The fourth-order valence-corrected chi connectivity index (χ4v) is 2.03. The van der Waals surface area contributed by atoms with E-state index in [1.165, 1.54) is 24.3 Å². The summed E-state index contributed by atoms with van der Waals surface area (Å²) in [6.45, 7) is 5.73. The Kier molecular flexibility index (Phi) is 4.66. The Morgan fingerprint density at radius 2 is 1.52 bits per heavy atom. The van der Waals surface area contributed by atoms with Crippen LogP contribution in [0.25, 0.3) is 11.1 Å². The van der Waals surface area contributed by atoms with Gasteiger partial charge in [0, 0.05) is 11.8 Å². The van der Waals surface area contributed by atoms with Gasteiger partial charge in [-0.1, -0.05) is 39.0 Å². The second-order valence-corrected chi connectivity index (χ2v) is 6.31. The van der Waals surface area contributed by atoms with Crippen molar-refractivity contribution in [3.8, 4) is 16.9 Å². The number of benzene rings is 1. The molecule has 0 aliphatic rings. The zero-order chi connectivity index (χ0) is 17.3. The van der Waals surface area contributed by atoms with Crippen LogP contribution in [0.2, 0.25) is 0 Å². The molecule has 3 nitrogen and oxygen atoms in total. The first-order valence-electron chi connectivity index (χ1n) is 7.06. The molecule has 0 saturated heterocycles. The molecular formula is C17H18F3NO2. The zero-order valence-corrected chi connectivity index (χ0v) is 13.1. The number of aliphatic hydroxyl groups excluding tert-OH is 1. The van der Waals surface area contributed by atoms with Gasteiger partial charge in [0.1, 0.15) is 11.9 Å². The molecule has 0 bridgehead atoms. The number of pyridine rings is 1. The molecule has 0 spiro atoms. The molecule has 2 aromatic rings. The van der Waals surface area contributed by atoms with E-state index in [9.17, 15) is 18.3 Å². The minimum atomic E-state index is -4.70. The molecule has 0 fully saturated rings. The van der Waals surface area contributed by atoms with Gasteiger partial charge in [-0.2, -0.15) is 0 Å². The summed E-state index contributed by atoms with van der Waals surface area (Å²) in [5.41, 5.74) is 1.68. The van der Waals surface area contributed by atoms with Gasteiger partial charge in [0.05, 0.1) is 5.69 Å². The van der Waals surface area contributed by atoms with E-state index in [1.807, 2.05) is 20.8 Å². The van der Waals surface area contributed by atoms with Gasteiger partial charge in [-0.25, -0.2) is 0 Å². The molecule has 2 rings (SSSR count). The van der Waals surface area contributed by atoms with Crippen LogP contribution in [0.3, 0.4) is 0 Å². The maximum absolute atomic E-state index is 12.1. The van der Waals surface area contributed by atoms with Crippen molar-refractivity contribution in [2.75, 3.05) is 0 Å². The lowest BCUT2D eigenvalue weighted by molar-refractivity contribution is -0.274. The molecule has 1 aromatic carbocycles. The molecule has 0 saturated carbocycles. The third-order valence-corrected chi connectivity index (χ3v) is 3.31. The molecule has 0 radical (unpaired) electrons. The Balaban J connectivity index is 2.17. The second kappa shape index (κ2) is 6.20. The van der Waals surface area contributed by atoms with Crippen molar-refractivity contribution in [3.63, 3.8) is 0 Å². The molecule has 0 aliphatic heterocycles. The number of nitrogens with zero attached hydrogens (tertiary/aromatic N) is 1. The highest BCUT2D eigenvalue weighted by molar-refractivity contribution is 5.63. The lowest BCUT2D eigenvalue weighted by Crippen LogP contribution is -2.18. The average molecular weight is 325 g/mol. The van der Waals surface area contributed by atoms with Gasteiger partial charge in [-0.05, 0) is 29.2 Å². The first-order chi connectivity index (χ1) is 10.6. The van der Waals surface area contributed by atoms with E-state index in [0.717, 1.165) is 5.56 Å². The maximum Gasteiger partial charge on any atom is 0.573 e. The highest BCUT2D eigenvalue weighted by Crippen LogP contribution is 2.32. The van der Waals surface area contributed by atoms with Gasteiger partial charge in [0.25, 0.3) is 0 Å². The summed E-state index contributed by atoms with van der Waals surface area (Å²) in [6.07, 6.45) is -3.81. The standard InChI is InChI=1S/C17H18F3NO2/c1-16(2,3)15(22)14-9-6-12(10-21-14)11-4-7-13(8-5-11)23-17(18,19)20/h4-10,15,22H,1-3H3. The number of aliphatic hydroxyl groups is 1. The first-order valence-corrected chi connectivity index (χ1v) is 7.06. The Bertz CT molecular complexity index is 644. The summed E-state index contributed by atoms with van der Waals surface area (Å²) in [6, 6.07) is 9.04. The smallest absolute Gasteiger partial charge is 0.406 e. The topological polar surface area (TPSA) is 42.4 Å². The minimum Gasteiger partial charge on any atom is -0.406 e. The third-order valence-electron chi connectivity index (χ3n) is 3.31. The van der Waals surface area contributed by atoms with Crippen LogP contribution in [0.4, 0.5) is 13.2 Å². The predicted octanol–water partition coefficient (Wildman–Crippen LogP) is 4.73. The fourth-order valence-electron chi connectivity index (χ4n) is 2.03. The van der Waals surface area contributed by atoms with Crippen LogP contribution < -0.4 is 4.74 Å². The second-order valence-electron chi connectivity index (χ2n) is 6.31. The van der Waals surface area contributed by atoms with Crippen molar-refractivity contribution in [1.82, 2.24) is 4.98 Å². The van der Waals surface area contributed by atoms with E-state index in [-0.39, 0.29) is 11.2 Å². The Labute approximate surface area is 132 Å². The van der Waals surface area contributed by atoms with E-state index < -0.39 is 12.5 Å². The van der Waals surface area contributed by atoms with Crippen molar-refractivity contribution in [2.45, 2.75) is 33.2 Å². The number of aromatic nitrogens is 1. The van der Waals surface area contributed by atoms with E-state index >= 15 is 0 Å². The quantitative estimate of drug-likeness (QED) is 0.887. The monoisotopic (exact) mass is 325 g/mol.